The lowest BCUT2D eigenvalue weighted by atomic mass is 9.97. The van der Waals surface area contributed by atoms with Crippen LogP contribution in [0.15, 0.2) is 36.9 Å². The van der Waals surface area contributed by atoms with Crippen molar-refractivity contribution in [1.82, 2.24) is 14.3 Å². The largest absolute Gasteiger partial charge is 0.505 e. The molecule has 8 heteroatoms. The minimum atomic E-state index is -0.655. The number of phenolic OH excluding ortho intramolecular Hbond substituents is 1. The summed E-state index contributed by atoms with van der Waals surface area (Å²) in [4.78, 5) is 18.3. The second-order valence-corrected chi connectivity index (χ2v) is 9.82. The van der Waals surface area contributed by atoms with Crippen LogP contribution in [-0.4, -0.2) is 50.8 Å². The number of carbonyl (C=O) groups excluding carboxylic acids is 1. The minimum Gasteiger partial charge on any atom is -0.505 e. The van der Waals surface area contributed by atoms with Crippen LogP contribution in [0.25, 0.3) is 16.6 Å². The van der Waals surface area contributed by atoms with Gasteiger partial charge in [0.25, 0.3) is 0 Å². The molecule has 7 nitrogen and oxygen atoms in total. The number of aryl methyl sites for hydroxylation is 1. The van der Waals surface area contributed by atoms with Crippen LogP contribution in [0.4, 0.5) is 9.18 Å². The number of ether oxygens (including phenoxy) is 2. The average Bonchev–Trinajstić information content (AvgIpc) is 3.27. The Labute approximate surface area is 199 Å². The van der Waals surface area contributed by atoms with E-state index in [-0.39, 0.29) is 11.8 Å². The van der Waals surface area contributed by atoms with Gasteiger partial charge in [-0.15, -0.1) is 0 Å². The molecule has 0 radical (unpaired) electrons. The van der Waals surface area contributed by atoms with E-state index in [1.54, 1.807) is 17.4 Å². The Kier molecular flexibility index (Phi) is 6.68. The van der Waals surface area contributed by atoms with E-state index in [9.17, 15) is 14.3 Å². The Morgan fingerprint density at radius 3 is 2.65 bits per heavy atom. The Morgan fingerprint density at radius 2 is 1.97 bits per heavy atom. The van der Waals surface area contributed by atoms with Gasteiger partial charge in [-0.3, -0.25) is 0 Å². The molecule has 0 atom stereocenters. The number of piperidine rings is 1. The molecule has 1 amide bonds. The second kappa shape index (κ2) is 9.52. The highest BCUT2D eigenvalue weighted by atomic mass is 19.1. The smallest absolute Gasteiger partial charge is 0.410 e. The summed E-state index contributed by atoms with van der Waals surface area (Å²) in [5.74, 6) is -0.0293. The zero-order valence-corrected chi connectivity index (χ0v) is 20.2. The van der Waals surface area contributed by atoms with Gasteiger partial charge >= 0.3 is 6.09 Å². The summed E-state index contributed by atoms with van der Waals surface area (Å²) in [6.45, 7) is 9.35. The van der Waals surface area contributed by atoms with Gasteiger partial charge in [0, 0.05) is 24.8 Å². The quantitative estimate of drug-likeness (QED) is 0.539. The molecule has 3 aromatic rings. The molecular weight excluding hydrogens is 437 g/mol. The van der Waals surface area contributed by atoms with Gasteiger partial charge in [0.2, 0.25) is 0 Å². The number of rotatable bonds is 5. The predicted molar refractivity (Wildman–Crippen MR) is 128 cm³/mol. The molecule has 0 aliphatic carbocycles. The van der Waals surface area contributed by atoms with Crippen LogP contribution >= 0.6 is 0 Å². The molecule has 1 aliphatic rings. The highest BCUT2D eigenvalue weighted by Gasteiger charge is 2.27. The van der Waals surface area contributed by atoms with Crippen molar-refractivity contribution in [3.8, 4) is 22.6 Å². The fourth-order valence-electron chi connectivity index (χ4n) is 4.25. The van der Waals surface area contributed by atoms with E-state index in [0.29, 0.717) is 43.3 Å². The Bertz CT molecular complexity index is 1180. The molecule has 4 rings (SSSR count). The number of pyridine rings is 1. The zero-order chi connectivity index (χ0) is 24.5. The lowest BCUT2D eigenvalue weighted by Crippen LogP contribution is -2.42. The fourth-order valence-corrected chi connectivity index (χ4v) is 4.25. The van der Waals surface area contributed by atoms with Crippen LogP contribution < -0.4 is 4.74 Å². The number of imidazole rings is 1. The van der Waals surface area contributed by atoms with Crippen LogP contribution in [0, 0.1) is 11.7 Å². The van der Waals surface area contributed by atoms with Crippen LogP contribution in [0.1, 0.15) is 46.1 Å². The molecular formula is C26H32FN3O4. The highest BCUT2D eigenvalue weighted by Crippen LogP contribution is 2.34. The third-order valence-corrected chi connectivity index (χ3v) is 6.09. The molecule has 1 fully saturated rings. The monoisotopic (exact) mass is 469 g/mol. The van der Waals surface area contributed by atoms with Crippen molar-refractivity contribution in [3.63, 3.8) is 0 Å². The SMILES string of the molecule is CCc1cc(O)c(F)cc1-c1cc(OCC2CCN(C(=O)OC(C)(C)C)CC2)c2cncn2c1. The van der Waals surface area contributed by atoms with Crippen LogP contribution in [0.3, 0.4) is 0 Å². The van der Waals surface area contributed by atoms with E-state index in [1.807, 2.05) is 44.4 Å². The van der Waals surface area contributed by atoms with Gasteiger partial charge in [-0.2, -0.15) is 0 Å². The molecule has 0 bridgehead atoms. The summed E-state index contributed by atoms with van der Waals surface area (Å²) >= 11 is 0. The number of halogens is 1. The molecule has 34 heavy (non-hydrogen) atoms. The van der Waals surface area contributed by atoms with E-state index in [0.717, 1.165) is 29.5 Å². The Balaban J connectivity index is 1.48. The number of hydrogen-bond acceptors (Lipinski definition) is 5. The van der Waals surface area contributed by atoms with Crippen LogP contribution in [-0.2, 0) is 11.2 Å². The number of carbonyl (C=O) groups is 1. The summed E-state index contributed by atoms with van der Waals surface area (Å²) in [6.07, 6.45) is 7.36. The summed E-state index contributed by atoms with van der Waals surface area (Å²) < 4.78 is 27.7. The number of nitrogens with zero attached hydrogens (tertiary/aromatic N) is 3. The molecule has 182 valence electrons. The molecule has 3 heterocycles. The highest BCUT2D eigenvalue weighted by molar-refractivity contribution is 5.74. The lowest BCUT2D eigenvalue weighted by Gasteiger charge is -2.33. The molecule has 0 unspecified atom stereocenters. The van der Waals surface area contributed by atoms with Crippen molar-refractivity contribution in [1.29, 1.82) is 0 Å². The number of aromatic hydroxyl groups is 1. The Hall–Kier alpha value is -3.29. The van der Waals surface area contributed by atoms with E-state index in [2.05, 4.69) is 4.98 Å². The number of phenols is 1. The summed E-state index contributed by atoms with van der Waals surface area (Å²) in [5.41, 5.74) is 2.67. The van der Waals surface area contributed by atoms with E-state index >= 15 is 0 Å². The first-order valence-electron chi connectivity index (χ1n) is 11.7. The number of amides is 1. The van der Waals surface area contributed by atoms with Gasteiger partial charge in [-0.1, -0.05) is 6.92 Å². The van der Waals surface area contributed by atoms with Gasteiger partial charge in [-0.05, 0) is 75.3 Å². The third-order valence-electron chi connectivity index (χ3n) is 6.09. The first-order chi connectivity index (χ1) is 16.1. The summed E-state index contributed by atoms with van der Waals surface area (Å²) in [6, 6.07) is 4.74. The molecule has 1 aliphatic heterocycles. The standard InChI is InChI=1S/C26H32FN3O4/c1-5-18-10-23(31)21(27)12-20(18)19-11-24(22-13-28-16-30(22)14-19)33-15-17-6-8-29(9-7-17)25(32)34-26(2,3)4/h10-14,16-17,31H,5-9,15H2,1-4H3. The average molecular weight is 470 g/mol. The number of hydrogen-bond donors (Lipinski definition) is 1. The van der Waals surface area contributed by atoms with Crippen molar-refractivity contribution in [2.24, 2.45) is 5.92 Å². The number of aromatic nitrogens is 2. The first-order valence-corrected chi connectivity index (χ1v) is 11.7. The summed E-state index contributed by atoms with van der Waals surface area (Å²) in [5, 5.41) is 9.79. The molecule has 0 spiro atoms. The van der Waals surface area contributed by atoms with Crippen LogP contribution in [0.5, 0.6) is 11.5 Å². The maximum absolute atomic E-state index is 14.2. The van der Waals surface area contributed by atoms with E-state index in [1.165, 1.54) is 12.1 Å². The maximum atomic E-state index is 14.2. The topological polar surface area (TPSA) is 76.3 Å². The third kappa shape index (κ3) is 5.26. The molecule has 2 aromatic heterocycles. The number of likely N-dealkylation sites (tertiary alicyclic amines) is 1. The van der Waals surface area contributed by atoms with Crippen LogP contribution in [0.2, 0.25) is 0 Å². The predicted octanol–water partition coefficient (Wildman–Crippen LogP) is 5.43. The maximum Gasteiger partial charge on any atom is 0.410 e. The zero-order valence-electron chi connectivity index (χ0n) is 20.2. The van der Waals surface area contributed by atoms with Crippen molar-refractivity contribution in [2.45, 2.75) is 52.6 Å². The second-order valence-electron chi connectivity index (χ2n) is 9.82. The summed E-state index contributed by atoms with van der Waals surface area (Å²) in [7, 11) is 0. The van der Waals surface area contributed by atoms with Crippen molar-refractivity contribution >= 4 is 11.6 Å². The molecule has 0 saturated carbocycles. The number of benzene rings is 1. The van der Waals surface area contributed by atoms with E-state index in [4.69, 9.17) is 9.47 Å². The molecule has 1 N–H and O–H groups in total. The number of fused-ring (bicyclic) bond motifs is 1. The lowest BCUT2D eigenvalue weighted by molar-refractivity contribution is 0.0165. The van der Waals surface area contributed by atoms with Gasteiger partial charge in [0.1, 0.15) is 16.9 Å². The van der Waals surface area contributed by atoms with Crippen molar-refractivity contribution in [3.05, 3.63) is 48.3 Å². The van der Waals surface area contributed by atoms with Gasteiger partial charge in [-0.25, -0.2) is 14.2 Å². The van der Waals surface area contributed by atoms with Gasteiger partial charge in [0.05, 0.1) is 19.1 Å². The fraction of sp³-hybridized carbons (Fsp3) is 0.462. The van der Waals surface area contributed by atoms with Gasteiger partial charge in [0.15, 0.2) is 11.6 Å². The minimum absolute atomic E-state index is 0.270. The van der Waals surface area contributed by atoms with Crippen molar-refractivity contribution in [2.75, 3.05) is 19.7 Å². The Morgan fingerprint density at radius 1 is 1.24 bits per heavy atom. The normalized spacial score (nSPS) is 15.0. The first kappa shape index (κ1) is 23.9. The molecule has 1 saturated heterocycles. The van der Waals surface area contributed by atoms with Crippen molar-refractivity contribution < 1.29 is 23.8 Å². The molecule has 1 aromatic carbocycles. The van der Waals surface area contributed by atoms with E-state index < -0.39 is 11.4 Å². The van der Waals surface area contributed by atoms with Gasteiger partial charge < -0.3 is 23.9 Å².